The van der Waals surface area contributed by atoms with Crippen LogP contribution in [0, 0.1) is 0 Å². The third-order valence-electron chi connectivity index (χ3n) is 3.16. The van der Waals surface area contributed by atoms with Crippen molar-refractivity contribution < 1.29 is 8.42 Å². The second-order valence-electron chi connectivity index (χ2n) is 4.58. The van der Waals surface area contributed by atoms with E-state index >= 15 is 0 Å². The summed E-state index contributed by atoms with van der Waals surface area (Å²) >= 11 is 0. The van der Waals surface area contributed by atoms with Crippen molar-refractivity contribution in [3.8, 4) is 0 Å². The molecule has 1 aliphatic heterocycles. The van der Waals surface area contributed by atoms with Gasteiger partial charge in [0.15, 0.2) is 9.84 Å². The van der Waals surface area contributed by atoms with E-state index in [2.05, 4.69) is 21.9 Å². The molecule has 0 saturated carbocycles. The van der Waals surface area contributed by atoms with Crippen molar-refractivity contribution in [1.82, 2.24) is 9.97 Å². The third-order valence-corrected chi connectivity index (χ3v) is 4.91. The molecule has 1 aliphatic rings. The number of hydrogen-bond acceptors (Lipinski definition) is 6. The van der Waals surface area contributed by atoms with Crippen molar-refractivity contribution in [2.24, 2.45) is 0 Å². The van der Waals surface area contributed by atoms with Gasteiger partial charge in [0, 0.05) is 25.8 Å². The smallest absolute Gasteiger partial charge is 0.224 e. The van der Waals surface area contributed by atoms with Gasteiger partial charge < -0.3 is 10.2 Å². The Bertz CT molecular complexity index is 559. The molecule has 104 valence electrons. The summed E-state index contributed by atoms with van der Waals surface area (Å²) in [5.74, 6) is 1.70. The molecule has 1 aromatic heterocycles. The first-order chi connectivity index (χ1) is 9.02. The first-order valence-electron chi connectivity index (χ1n) is 6.13. The predicted molar refractivity (Wildman–Crippen MR) is 76.2 cm³/mol. The van der Waals surface area contributed by atoms with E-state index in [0.29, 0.717) is 18.9 Å². The number of aromatic nitrogens is 2. The van der Waals surface area contributed by atoms with Gasteiger partial charge in [-0.3, -0.25) is 0 Å². The number of nitrogens with zero attached hydrogens (tertiary/aromatic N) is 3. The van der Waals surface area contributed by atoms with Gasteiger partial charge in [0.2, 0.25) is 5.95 Å². The van der Waals surface area contributed by atoms with Gasteiger partial charge in [0.1, 0.15) is 5.82 Å². The minimum Gasteiger partial charge on any atom is -0.355 e. The molecule has 1 atom stereocenters. The summed E-state index contributed by atoms with van der Waals surface area (Å²) in [6.45, 7) is 4.21. The van der Waals surface area contributed by atoms with Crippen LogP contribution in [0.4, 0.5) is 11.8 Å². The van der Waals surface area contributed by atoms with Gasteiger partial charge in [-0.2, -0.15) is 4.98 Å². The first-order valence-corrected chi connectivity index (χ1v) is 7.95. The van der Waals surface area contributed by atoms with Crippen LogP contribution in [0.5, 0.6) is 0 Å². The van der Waals surface area contributed by atoms with Gasteiger partial charge in [-0.15, -0.1) is 6.58 Å². The van der Waals surface area contributed by atoms with Gasteiger partial charge in [0.05, 0.1) is 11.5 Å². The fraction of sp³-hybridized carbons (Fsp3) is 0.500. The van der Waals surface area contributed by atoms with E-state index in [4.69, 9.17) is 0 Å². The van der Waals surface area contributed by atoms with E-state index < -0.39 is 9.84 Å². The number of rotatable bonds is 5. The molecule has 1 saturated heterocycles. The van der Waals surface area contributed by atoms with Crippen LogP contribution in [-0.2, 0) is 9.84 Å². The Morgan fingerprint density at radius 1 is 1.63 bits per heavy atom. The Kier molecular flexibility index (Phi) is 4.04. The molecule has 2 heterocycles. The Morgan fingerprint density at radius 3 is 3.05 bits per heavy atom. The molecule has 1 aromatic rings. The third kappa shape index (κ3) is 3.44. The van der Waals surface area contributed by atoms with Crippen molar-refractivity contribution in [2.45, 2.75) is 12.5 Å². The van der Waals surface area contributed by atoms with E-state index in [0.717, 1.165) is 5.82 Å². The largest absolute Gasteiger partial charge is 0.355 e. The number of nitrogens with one attached hydrogen (secondary N) is 1. The van der Waals surface area contributed by atoms with Crippen LogP contribution in [0.25, 0.3) is 0 Å². The fourth-order valence-electron chi connectivity index (χ4n) is 2.06. The molecule has 0 radical (unpaired) electrons. The van der Waals surface area contributed by atoms with Crippen LogP contribution in [-0.4, -0.2) is 49.5 Å². The number of hydrogen-bond donors (Lipinski definition) is 1. The number of sulfone groups is 1. The van der Waals surface area contributed by atoms with Gasteiger partial charge in [-0.25, -0.2) is 13.4 Å². The summed E-state index contributed by atoms with van der Waals surface area (Å²) in [7, 11) is -1.02. The summed E-state index contributed by atoms with van der Waals surface area (Å²) in [6, 6.07) is 1.77. The minimum absolute atomic E-state index is 0.00726. The van der Waals surface area contributed by atoms with Crippen LogP contribution < -0.4 is 10.2 Å². The predicted octanol–water partition coefficient (Wildman–Crippen LogP) is 0.698. The lowest BCUT2D eigenvalue weighted by atomic mass is 10.2. The Hall–Kier alpha value is -1.63. The molecule has 2 rings (SSSR count). The highest BCUT2D eigenvalue weighted by Crippen LogP contribution is 2.21. The van der Waals surface area contributed by atoms with Crippen LogP contribution in [0.1, 0.15) is 6.42 Å². The Morgan fingerprint density at radius 2 is 2.42 bits per heavy atom. The maximum atomic E-state index is 11.5. The van der Waals surface area contributed by atoms with E-state index in [1.54, 1.807) is 18.3 Å². The summed E-state index contributed by atoms with van der Waals surface area (Å²) in [6.07, 6.45) is 4.04. The zero-order chi connectivity index (χ0) is 13.9. The van der Waals surface area contributed by atoms with Crippen molar-refractivity contribution in [3.05, 3.63) is 24.9 Å². The molecule has 0 amide bonds. The highest BCUT2D eigenvalue weighted by atomic mass is 32.2. The maximum Gasteiger partial charge on any atom is 0.224 e. The average Bonchev–Trinajstić information content (AvgIpc) is 2.76. The lowest BCUT2D eigenvalue weighted by Gasteiger charge is -2.24. The van der Waals surface area contributed by atoms with Gasteiger partial charge in [-0.1, -0.05) is 6.08 Å². The van der Waals surface area contributed by atoms with Crippen molar-refractivity contribution in [3.63, 3.8) is 0 Å². The van der Waals surface area contributed by atoms with Crippen LogP contribution in [0.3, 0.4) is 0 Å². The lowest BCUT2D eigenvalue weighted by molar-refractivity contribution is 0.600. The monoisotopic (exact) mass is 282 g/mol. The van der Waals surface area contributed by atoms with Crippen molar-refractivity contribution in [1.29, 1.82) is 0 Å². The SMILES string of the molecule is C=CCNc1nccc(N(C)C2CCS(=O)(=O)C2)n1. The number of anilines is 2. The average molecular weight is 282 g/mol. The zero-order valence-electron chi connectivity index (χ0n) is 10.9. The molecular formula is C12H18N4O2S. The van der Waals surface area contributed by atoms with Crippen molar-refractivity contribution in [2.75, 3.05) is 35.3 Å². The fourth-order valence-corrected chi connectivity index (χ4v) is 3.84. The summed E-state index contributed by atoms with van der Waals surface area (Å²) in [5, 5.41) is 3.01. The van der Waals surface area contributed by atoms with Gasteiger partial charge in [-0.05, 0) is 12.5 Å². The van der Waals surface area contributed by atoms with E-state index in [1.165, 1.54) is 0 Å². The van der Waals surface area contributed by atoms with Crippen LogP contribution >= 0.6 is 0 Å². The first kappa shape index (κ1) is 13.8. The minimum atomic E-state index is -2.89. The standard InChI is InChI=1S/C12H18N4O2S/c1-3-6-13-12-14-7-4-11(15-12)16(2)10-5-8-19(17,18)9-10/h3-4,7,10H,1,5-6,8-9H2,2H3,(H,13,14,15). The summed E-state index contributed by atoms with van der Waals surface area (Å²) in [5.41, 5.74) is 0. The normalized spacial score (nSPS) is 21.0. The molecule has 0 aliphatic carbocycles. The van der Waals surface area contributed by atoms with Crippen molar-refractivity contribution >= 4 is 21.6 Å². The molecule has 0 bridgehead atoms. The molecule has 6 nitrogen and oxygen atoms in total. The molecule has 1 fully saturated rings. The summed E-state index contributed by atoms with van der Waals surface area (Å²) in [4.78, 5) is 10.4. The highest BCUT2D eigenvalue weighted by molar-refractivity contribution is 7.91. The quantitative estimate of drug-likeness (QED) is 0.801. The van der Waals surface area contributed by atoms with Crippen LogP contribution in [0.2, 0.25) is 0 Å². The molecule has 0 aromatic carbocycles. The second kappa shape index (κ2) is 5.56. The van der Waals surface area contributed by atoms with Gasteiger partial charge in [0.25, 0.3) is 0 Å². The Balaban J connectivity index is 2.10. The van der Waals surface area contributed by atoms with E-state index in [-0.39, 0.29) is 17.5 Å². The molecule has 1 unspecified atom stereocenters. The zero-order valence-corrected chi connectivity index (χ0v) is 11.7. The molecule has 7 heteroatoms. The molecule has 1 N–H and O–H groups in total. The van der Waals surface area contributed by atoms with Crippen LogP contribution in [0.15, 0.2) is 24.9 Å². The summed E-state index contributed by atoms with van der Waals surface area (Å²) < 4.78 is 23.0. The lowest BCUT2D eigenvalue weighted by Crippen LogP contribution is -2.33. The van der Waals surface area contributed by atoms with Gasteiger partial charge >= 0.3 is 0 Å². The highest BCUT2D eigenvalue weighted by Gasteiger charge is 2.31. The second-order valence-corrected chi connectivity index (χ2v) is 6.80. The van der Waals surface area contributed by atoms with E-state index in [9.17, 15) is 8.42 Å². The van der Waals surface area contributed by atoms with E-state index in [1.807, 2.05) is 11.9 Å². The topological polar surface area (TPSA) is 75.2 Å². The molecular weight excluding hydrogens is 264 g/mol. The maximum absolute atomic E-state index is 11.5. The molecule has 19 heavy (non-hydrogen) atoms. The Labute approximate surface area is 113 Å². The molecule has 0 spiro atoms.